The number of H-pyrrole nitrogens is 1. The summed E-state index contributed by atoms with van der Waals surface area (Å²) in [5, 5.41) is 12.3. The van der Waals surface area contributed by atoms with Gasteiger partial charge < -0.3 is 10.1 Å². The molecule has 0 radical (unpaired) electrons. The number of carbonyl (C=O) groups is 1. The molecule has 0 saturated carbocycles. The first-order chi connectivity index (χ1) is 6.55. The minimum absolute atomic E-state index is 0.260. The van der Waals surface area contributed by atoms with Crippen molar-refractivity contribution in [2.24, 2.45) is 0 Å². The first kappa shape index (κ1) is 10.6. The fraction of sp³-hybridized carbons (Fsp3) is 0.625. The summed E-state index contributed by atoms with van der Waals surface area (Å²) >= 11 is 0. The number of ether oxygens (including phenoxy) is 1. The van der Waals surface area contributed by atoms with E-state index >= 15 is 0 Å². The van der Waals surface area contributed by atoms with Gasteiger partial charge in [-0.25, -0.2) is 0 Å². The number of aromatic amines is 1. The van der Waals surface area contributed by atoms with Gasteiger partial charge in [-0.05, 0) is 13.8 Å². The highest BCUT2D eigenvalue weighted by molar-refractivity contribution is 5.91. The van der Waals surface area contributed by atoms with E-state index in [1.807, 2.05) is 13.8 Å². The molecule has 1 heterocycles. The molecule has 1 amide bonds. The maximum absolute atomic E-state index is 11.4. The number of methoxy groups -OCH3 is 1. The first-order valence-corrected chi connectivity index (χ1v) is 4.24. The third-order valence-electron chi connectivity index (χ3n) is 1.87. The molecule has 1 aromatic heterocycles. The van der Waals surface area contributed by atoms with Crippen molar-refractivity contribution in [3.63, 3.8) is 0 Å². The van der Waals surface area contributed by atoms with Crippen molar-refractivity contribution in [2.75, 3.05) is 13.7 Å². The smallest absolute Gasteiger partial charge is 0.273 e. The van der Waals surface area contributed by atoms with Gasteiger partial charge in [0.1, 0.15) is 0 Å². The van der Waals surface area contributed by atoms with Crippen molar-refractivity contribution in [2.45, 2.75) is 19.4 Å². The quantitative estimate of drug-likeness (QED) is 0.711. The fourth-order valence-electron chi connectivity index (χ4n) is 0.767. The Bertz CT molecular complexity index is 294. The van der Waals surface area contributed by atoms with Crippen LogP contribution in [0.15, 0.2) is 6.20 Å². The Morgan fingerprint density at radius 2 is 2.43 bits per heavy atom. The second-order valence-corrected chi connectivity index (χ2v) is 3.50. The van der Waals surface area contributed by atoms with Gasteiger partial charge in [0.15, 0.2) is 5.69 Å². The summed E-state index contributed by atoms with van der Waals surface area (Å²) in [6.07, 6.45) is 1.37. The molecule has 0 aliphatic rings. The summed E-state index contributed by atoms with van der Waals surface area (Å²) in [7, 11) is 1.60. The zero-order chi connectivity index (χ0) is 10.6. The topological polar surface area (TPSA) is 79.9 Å². The largest absolute Gasteiger partial charge is 0.377 e. The van der Waals surface area contributed by atoms with Crippen molar-refractivity contribution in [3.8, 4) is 0 Å². The minimum Gasteiger partial charge on any atom is -0.377 e. The Morgan fingerprint density at radius 3 is 2.93 bits per heavy atom. The van der Waals surface area contributed by atoms with E-state index in [4.69, 9.17) is 4.74 Å². The Labute approximate surface area is 82.0 Å². The highest BCUT2D eigenvalue weighted by atomic mass is 16.5. The second-order valence-electron chi connectivity index (χ2n) is 3.50. The summed E-state index contributed by atoms with van der Waals surface area (Å²) in [5.41, 5.74) is -0.101. The molecule has 0 aliphatic heterocycles. The molecular formula is C8H14N4O2. The molecule has 78 valence electrons. The lowest BCUT2D eigenvalue weighted by Crippen LogP contribution is -2.39. The van der Waals surface area contributed by atoms with Crippen LogP contribution in [0, 0.1) is 0 Å². The molecule has 0 fully saturated rings. The number of carbonyl (C=O) groups excluding carboxylic acids is 1. The molecule has 0 aromatic carbocycles. The third kappa shape index (κ3) is 2.81. The van der Waals surface area contributed by atoms with Gasteiger partial charge in [0.25, 0.3) is 5.91 Å². The van der Waals surface area contributed by atoms with Gasteiger partial charge in [-0.2, -0.15) is 15.4 Å². The molecule has 6 nitrogen and oxygen atoms in total. The molecule has 14 heavy (non-hydrogen) atoms. The lowest BCUT2D eigenvalue weighted by Gasteiger charge is -2.22. The number of nitrogens with one attached hydrogen (secondary N) is 2. The zero-order valence-electron chi connectivity index (χ0n) is 8.50. The number of aromatic nitrogens is 3. The lowest BCUT2D eigenvalue weighted by atomic mass is 10.1. The summed E-state index contributed by atoms with van der Waals surface area (Å²) in [5.74, 6) is -0.260. The highest BCUT2D eigenvalue weighted by Crippen LogP contribution is 2.04. The molecule has 1 aromatic rings. The van der Waals surface area contributed by atoms with E-state index < -0.39 is 0 Å². The third-order valence-corrected chi connectivity index (χ3v) is 1.87. The maximum atomic E-state index is 11.4. The molecule has 2 N–H and O–H groups in total. The highest BCUT2D eigenvalue weighted by Gasteiger charge is 2.18. The van der Waals surface area contributed by atoms with E-state index in [-0.39, 0.29) is 17.2 Å². The summed E-state index contributed by atoms with van der Waals surface area (Å²) in [4.78, 5) is 11.4. The van der Waals surface area contributed by atoms with Crippen LogP contribution in [0.2, 0.25) is 0 Å². The van der Waals surface area contributed by atoms with Gasteiger partial charge in [0.2, 0.25) is 0 Å². The first-order valence-electron chi connectivity index (χ1n) is 4.24. The van der Waals surface area contributed by atoms with Gasteiger partial charge in [-0.3, -0.25) is 4.79 Å². The molecule has 0 spiro atoms. The van der Waals surface area contributed by atoms with Crippen LogP contribution in [0.5, 0.6) is 0 Å². The molecule has 0 atom stereocenters. The minimum atomic E-state index is -0.376. The van der Waals surface area contributed by atoms with Gasteiger partial charge in [-0.15, -0.1) is 0 Å². The van der Waals surface area contributed by atoms with Gasteiger partial charge in [0, 0.05) is 13.7 Å². The standard InChI is InChI=1S/C8H14N4O2/c1-8(2,14-3)5-9-7(13)6-4-10-12-11-6/h4H,5H2,1-3H3,(H,9,13)(H,10,11,12). The number of hydrogen-bond donors (Lipinski definition) is 2. The average molecular weight is 198 g/mol. The van der Waals surface area contributed by atoms with Crippen LogP contribution in [0.25, 0.3) is 0 Å². The van der Waals surface area contributed by atoms with E-state index in [1.165, 1.54) is 6.20 Å². The Hall–Kier alpha value is -1.43. The molecular weight excluding hydrogens is 184 g/mol. The number of amides is 1. The van der Waals surface area contributed by atoms with E-state index in [0.29, 0.717) is 6.54 Å². The van der Waals surface area contributed by atoms with Crippen molar-refractivity contribution in [1.82, 2.24) is 20.7 Å². The van der Waals surface area contributed by atoms with Crippen molar-refractivity contribution < 1.29 is 9.53 Å². The SMILES string of the molecule is COC(C)(C)CNC(=O)c1cn[nH]n1. The fourth-order valence-corrected chi connectivity index (χ4v) is 0.767. The summed E-state index contributed by atoms with van der Waals surface area (Å²) in [6.45, 7) is 4.20. The molecule has 6 heteroatoms. The monoisotopic (exact) mass is 198 g/mol. The van der Waals surface area contributed by atoms with Crippen LogP contribution in [-0.4, -0.2) is 40.6 Å². The van der Waals surface area contributed by atoms with Crippen molar-refractivity contribution in [1.29, 1.82) is 0 Å². The van der Waals surface area contributed by atoms with Gasteiger partial charge >= 0.3 is 0 Å². The Morgan fingerprint density at radius 1 is 1.71 bits per heavy atom. The number of rotatable bonds is 4. The average Bonchev–Trinajstić information content (AvgIpc) is 2.67. The van der Waals surface area contributed by atoms with Crippen molar-refractivity contribution in [3.05, 3.63) is 11.9 Å². The van der Waals surface area contributed by atoms with E-state index in [0.717, 1.165) is 0 Å². The second kappa shape index (κ2) is 4.19. The van der Waals surface area contributed by atoms with E-state index in [1.54, 1.807) is 7.11 Å². The van der Waals surface area contributed by atoms with Crippen LogP contribution in [0.1, 0.15) is 24.3 Å². The Kier molecular flexibility index (Phi) is 3.19. The molecule has 1 rings (SSSR count). The van der Waals surface area contributed by atoms with Gasteiger partial charge in [0.05, 0.1) is 11.8 Å². The van der Waals surface area contributed by atoms with Gasteiger partial charge in [-0.1, -0.05) is 0 Å². The zero-order valence-corrected chi connectivity index (χ0v) is 8.50. The van der Waals surface area contributed by atoms with Crippen molar-refractivity contribution >= 4 is 5.91 Å². The van der Waals surface area contributed by atoms with Crippen LogP contribution in [-0.2, 0) is 4.74 Å². The number of hydrogen-bond acceptors (Lipinski definition) is 4. The van der Waals surface area contributed by atoms with Crippen LogP contribution in [0.3, 0.4) is 0 Å². The lowest BCUT2D eigenvalue weighted by molar-refractivity contribution is 0.0228. The predicted octanol–water partition coefficient (Wildman–Crippen LogP) is -0.0405. The van der Waals surface area contributed by atoms with E-state index in [9.17, 15) is 4.79 Å². The predicted molar refractivity (Wildman–Crippen MR) is 49.8 cm³/mol. The maximum Gasteiger partial charge on any atom is 0.273 e. The normalized spacial score (nSPS) is 11.4. The summed E-state index contributed by atoms with van der Waals surface area (Å²) in [6, 6.07) is 0. The Balaban J connectivity index is 2.43. The van der Waals surface area contributed by atoms with Crippen LogP contribution < -0.4 is 5.32 Å². The van der Waals surface area contributed by atoms with Crippen LogP contribution >= 0.6 is 0 Å². The molecule has 0 bridgehead atoms. The van der Waals surface area contributed by atoms with E-state index in [2.05, 4.69) is 20.7 Å². The number of nitrogens with zero attached hydrogens (tertiary/aromatic N) is 2. The molecule has 0 saturated heterocycles. The molecule has 0 unspecified atom stereocenters. The summed E-state index contributed by atoms with van der Waals surface area (Å²) < 4.78 is 5.15. The molecule has 0 aliphatic carbocycles. The van der Waals surface area contributed by atoms with Crippen LogP contribution in [0.4, 0.5) is 0 Å².